The van der Waals surface area contributed by atoms with Crippen LogP contribution in [0, 0.1) is 23.5 Å². The average molecular weight is 537 g/mol. The number of hydrogen-bond donors (Lipinski definition) is 1. The van der Waals surface area contributed by atoms with E-state index in [1.807, 2.05) is 6.92 Å². The third kappa shape index (κ3) is 4.87. The zero-order valence-corrected chi connectivity index (χ0v) is 21.3. The maximum Gasteiger partial charge on any atom is 0.254 e. The fraction of sp³-hybridized carbons (Fsp3) is 0.462. The van der Waals surface area contributed by atoms with Crippen LogP contribution >= 0.6 is 11.6 Å². The minimum Gasteiger partial charge on any atom is -0.347 e. The number of hydrogen-bond acceptors (Lipinski definition) is 4. The van der Waals surface area contributed by atoms with E-state index >= 15 is 0 Å². The van der Waals surface area contributed by atoms with Gasteiger partial charge >= 0.3 is 0 Å². The Morgan fingerprint density at radius 2 is 1.81 bits per heavy atom. The quantitative estimate of drug-likeness (QED) is 0.521. The fourth-order valence-electron chi connectivity index (χ4n) is 4.97. The first-order chi connectivity index (χ1) is 17.1. The van der Waals surface area contributed by atoms with Crippen molar-refractivity contribution in [1.29, 1.82) is 0 Å². The van der Waals surface area contributed by atoms with Crippen molar-refractivity contribution in [2.75, 3.05) is 6.54 Å². The summed E-state index contributed by atoms with van der Waals surface area (Å²) in [7, 11) is -3.47. The van der Waals surface area contributed by atoms with Crippen LogP contribution in [0.5, 0.6) is 0 Å². The van der Waals surface area contributed by atoms with Crippen LogP contribution in [0.1, 0.15) is 61.0 Å². The zero-order chi connectivity index (χ0) is 25.8. The van der Waals surface area contributed by atoms with Crippen LogP contribution < -0.4 is 5.32 Å². The van der Waals surface area contributed by atoms with Crippen LogP contribution in [0.25, 0.3) is 0 Å². The first-order valence-electron chi connectivity index (χ1n) is 12.2. The number of carbonyl (C=O) groups is 2. The summed E-state index contributed by atoms with van der Waals surface area (Å²) in [6, 6.07) is 6.34. The van der Waals surface area contributed by atoms with Crippen LogP contribution in [0.15, 0.2) is 41.3 Å². The van der Waals surface area contributed by atoms with Gasteiger partial charge in [-0.05, 0) is 74.3 Å². The lowest BCUT2D eigenvalue weighted by Gasteiger charge is -2.27. The standard InChI is InChI=1S/C26H27ClF2N2O4S/c1-14-9-23(25(32)30-24(15-5-6-15)19-11-22(29)20(27)12-21(19)28)31(13-14)26(33)16-3-2-4-18(10-16)36(34,35)17-7-8-17/h2-4,10-12,14-15,17,23-24H,5-9,13H2,1H3,(H,30,32)/t14-,23-,24-/m1/s1. The number of nitrogens with zero attached hydrogens (tertiary/aromatic N) is 1. The van der Waals surface area contributed by atoms with Crippen LogP contribution in [-0.2, 0) is 14.6 Å². The average Bonchev–Trinajstić information content (AvgIpc) is 3.76. The fourth-order valence-corrected chi connectivity index (χ4v) is 6.82. The van der Waals surface area contributed by atoms with Crippen molar-refractivity contribution in [1.82, 2.24) is 10.2 Å². The number of nitrogens with one attached hydrogen (secondary N) is 1. The summed E-state index contributed by atoms with van der Waals surface area (Å²) in [6.07, 6.45) is 3.17. The lowest BCUT2D eigenvalue weighted by atomic mass is 10.00. The van der Waals surface area contributed by atoms with Crippen molar-refractivity contribution in [2.45, 2.75) is 61.3 Å². The second-order valence-electron chi connectivity index (χ2n) is 10.2. The van der Waals surface area contributed by atoms with Crippen molar-refractivity contribution in [3.05, 3.63) is 64.2 Å². The molecule has 2 aromatic carbocycles. The van der Waals surface area contributed by atoms with Crippen molar-refractivity contribution in [3.8, 4) is 0 Å². The smallest absolute Gasteiger partial charge is 0.254 e. The molecule has 3 fully saturated rings. The topological polar surface area (TPSA) is 83.6 Å². The normalized spacial score (nSPS) is 22.9. The Bertz CT molecular complexity index is 1330. The molecule has 0 bridgehead atoms. The third-order valence-corrected chi connectivity index (χ3v) is 9.76. The first-order valence-corrected chi connectivity index (χ1v) is 14.1. The van der Waals surface area contributed by atoms with E-state index in [2.05, 4.69) is 5.32 Å². The van der Waals surface area contributed by atoms with Gasteiger partial charge in [0, 0.05) is 17.7 Å². The van der Waals surface area contributed by atoms with Gasteiger partial charge in [-0.25, -0.2) is 17.2 Å². The number of sulfone groups is 1. The molecular weight excluding hydrogens is 510 g/mol. The molecule has 2 aromatic rings. The maximum atomic E-state index is 14.7. The molecule has 3 atom stereocenters. The van der Waals surface area contributed by atoms with Gasteiger partial charge in [0.05, 0.1) is 21.2 Å². The Morgan fingerprint density at radius 3 is 2.47 bits per heavy atom. The molecule has 0 radical (unpaired) electrons. The number of halogens is 3. The Balaban J connectivity index is 1.38. The summed E-state index contributed by atoms with van der Waals surface area (Å²) in [5.41, 5.74) is 0.239. The molecule has 2 saturated carbocycles. The van der Waals surface area contributed by atoms with Crippen molar-refractivity contribution in [2.24, 2.45) is 11.8 Å². The summed E-state index contributed by atoms with van der Waals surface area (Å²) < 4.78 is 54.1. The number of rotatable bonds is 7. The van der Waals surface area contributed by atoms with E-state index in [1.54, 1.807) is 6.07 Å². The number of amides is 2. The molecule has 1 saturated heterocycles. The van der Waals surface area contributed by atoms with Gasteiger partial charge in [0.2, 0.25) is 5.91 Å². The van der Waals surface area contributed by atoms with Gasteiger partial charge in [-0.3, -0.25) is 9.59 Å². The summed E-state index contributed by atoms with van der Waals surface area (Å²) in [5, 5.41) is 2.14. The van der Waals surface area contributed by atoms with Gasteiger partial charge in [0.15, 0.2) is 9.84 Å². The maximum absolute atomic E-state index is 14.7. The highest BCUT2D eigenvalue weighted by Gasteiger charge is 2.42. The van der Waals surface area contributed by atoms with Crippen LogP contribution in [0.3, 0.4) is 0 Å². The highest BCUT2D eigenvalue weighted by Crippen LogP contribution is 2.43. The van der Waals surface area contributed by atoms with Gasteiger partial charge in [-0.15, -0.1) is 0 Å². The Hall–Kier alpha value is -2.52. The second kappa shape index (κ2) is 9.41. The molecule has 6 nitrogen and oxygen atoms in total. The second-order valence-corrected chi connectivity index (χ2v) is 12.8. The van der Waals surface area contributed by atoms with Gasteiger partial charge < -0.3 is 10.2 Å². The molecule has 36 heavy (non-hydrogen) atoms. The van der Waals surface area contributed by atoms with Crippen molar-refractivity contribution in [3.63, 3.8) is 0 Å². The van der Waals surface area contributed by atoms with Gasteiger partial charge in [-0.1, -0.05) is 24.6 Å². The van der Waals surface area contributed by atoms with Crippen LogP contribution in [0.4, 0.5) is 8.78 Å². The number of benzene rings is 2. The predicted octanol–water partition coefficient (Wildman–Crippen LogP) is 4.67. The van der Waals surface area contributed by atoms with E-state index in [-0.39, 0.29) is 32.9 Å². The molecular formula is C26H27ClF2N2O4S. The largest absolute Gasteiger partial charge is 0.347 e. The van der Waals surface area contributed by atoms with Gasteiger partial charge in [0.25, 0.3) is 5.91 Å². The van der Waals surface area contributed by atoms with Crippen molar-refractivity contribution >= 4 is 33.3 Å². The highest BCUT2D eigenvalue weighted by molar-refractivity contribution is 7.92. The molecule has 0 unspecified atom stereocenters. The van der Waals surface area contributed by atoms with Crippen molar-refractivity contribution < 1.29 is 26.8 Å². The molecule has 1 aliphatic heterocycles. The first kappa shape index (κ1) is 25.1. The zero-order valence-electron chi connectivity index (χ0n) is 19.7. The van der Waals surface area contributed by atoms with Gasteiger partial charge in [-0.2, -0.15) is 0 Å². The minimum atomic E-state index is -3.47. The van der Waals surface area contributed by atoms with Crippen LogP contribution in [-0.4, -0.2) is 43.0 Å². The molecule has 192 valence electrons. The number of carbonyl (C=O) groups excluding carboxylic acids is 2. The molecule has 1 N–H and O–H groups in total. The molecule has 0 spiro atoms. The molecule has 2 amide bonds. The van der Waals surface area contributed by atoms with E-state index in [9.17, 15) is 26.8 Å². The highest BCUT2D eigenvalue weighted by atomic mass is 35.5. The summed E-state index contributed by atoms with van der Waals surface area (Å²) in [4.78, 5) is 28.4. The van der Waals surface area contributed by atoms with E-state index < -0.39 is 50.6 Å². The monoisotopic (exact) mass is 536 g/mol. The number of likely N-dealkylation sites (tertiary alicyclic amines) is 1. The minimum absolute atomic E-state index is 0.0312. The molecule has 5 rings (SSSR count). The third-order valence-electron chi connectivity index (χ3n) is 7.21. The van der Waals surface area contributed by atoms with Gasteiger partial charge in [0.1, 0.15) is 17.7 Å². The lowest BCUT2D eigenvalue weighted by Crippen LogP contribution is -2.47. The Labute approximate surface area is 213 Å². The molecule has 10 heteroatoms. The molecule has 0 aromatic heterocycles. The van der Waals surface area contributed by atoms with E-state index in [1.165, 1.54) is 23.1 Å². The molecule has 2 aliphatic carbocycles. The SMILES string of the molecule is C[C@@H]1C[C@H](C(=O)N[C@@H](c2cc(F)c(Cl)cc2F)C2CC2)N(C(=O)c2cccc(S(=O)(=O)C3CC3)c2)C1. The predicted molar refractivity (Wildman–Crippen MR) is 130 cm³/mol. The van der Waals surface area contributed by atoms with Crippen LogP contribution in [0.2, 0.25) is 5.02 Å². The summed E-state index contributed by atoms with van der Waals surface area (Å²) >= 11 is 5.70. The summed E-state index contributed by atoms with van der Waals surface area (Å²) in [6.45, 7) is 2.25. The molecule has 3 aliphatic rings. The summed E-state index contributed by atoms with van der Waals surface area (Å²) in [5.74, 6) is -2.33. The Morgan fingerprint density at radius 1 is 1.08 bits per heavy atom. The molecule has 1 heterocycles. The van der Waals surface area contributed by atoms with E-state index in [4.69, 9.17) is 11.6 Å². The lowest BCUT2D eigenvalue weighted by molar-refractivity contribution is -0.125. The van der Waals surface area contributed by atoms with E-state index in [0.29, 0.717) is 25.8 Å². The Kier molecular flexibility index (Phi) is 6.57. The van der Waals surface area contributed by atoms with E-state index in [0.717, 1.165) is 25.0 Å².